The van der Waals surface area contributed by atoms with E-state index in [1.54, 1.807) is 18.9 Å². The van der Waals surface area contributed by atoms with Crippen LogP contribution in [0.3, 0.4) is 0 Å². The van der Waals surface area contributed by atoms with E-state index in [0.717, 1.165) is 9.37 Å². The highest BCUT2D eigenvalue weighted by Crippen LogP contribution is 2.23. The molecular formula is C12H14BrN3O2S. The van der Waals surface area contributed by atoms with E-state index in [2.05, 4.69) is 26.1 Å². The highest BCUT2D eigenvalue weighted by molar-refractivity contribution is 9.10. The lowest BCUT2D eigenvalue weighted by Crippen LogP contribution is -2.16. The van der Waals surface area contributed by atoms with Crippen LogP contribution < -0.4 is 5.73 Å². The van der Waals surface area contributed by atoms with Gasteiger partial charge in [0.1, 0.15) is 6.04 Å². The van der Waals surface area contributed by atoms with Crippen LogP contribution in [0.4, 0.5) is 0 Å². The zero-order valence-corrected chi connectivity index (χ0v) is 12.8. The smallest absolute Gasteiger partial charge is 0.245 e. The predicted octanol–water partition coefficient (Wildman–Crippen LogP) is 2.77. The van der Waals surface area contributed by atoms with Gasteiger partial charge >= 0.3 is 0 Å². The van der Waals surface area contributed by atoms with Crippen molar-refractivity contribution in [3.05, 3.63) is 40.5 Å². The monoisotopic (exact) mass is 343 g/mol. The predicted molar refractivity (Wildman–Crippen MR) is 76.8 cm³/mol. The number of nitrogens with two attached hydrogens (primary N) is 1. The molecule has 1 atom stereocenters. The maximum Gasteiger partial charge on any atom is 0.245 e. The number of benzene rings is 1. The van der Waals surface area contributed by atoms with Crippen LogP contribution in [0, 0.1) is 0 Å². The van der Waals surface area contributed by atoms with E-state index in [-0.39, 0.29) is 6.04 Å². The number of ether oxygens (including phenoxy) is 1. The van der Waals surface area contributed by atoms with Crippen LogP contribution in [0.25, 0.3) is 0 Å². The van der Waals surface area contributed by atoms with Gasteiger partial charge in [-0.2, -0.15) is 4.98 Å². The van der Waals surface area contributed by atoms with Crippen LogP contribution in [0.2, 0.25) is 0 Å². The molecule has 19 heavy (non-hydrogen) atoms. The lowest BCUT2D eigenvalue weighted by molar-refractivity contribution is 0.166. The van der Waals surface area contributed by atoms with Gasteiger partial charge < -0.3 is 15.0 Å². The number of thioether (sulfide) groups is 1. The third kappa shape index (κ3) is 4.31. The molecule has 0 aliphatic heterocycles. The molecule has 0 radical (unpaired) electrons. The molecule has 0 saturated heterocycles. The highest BCUT2D eigenvalue weighted by atomic mass is 79.9. The van der Waals surface area contributed by atoms with Crippen LogP contribution in [-0.4, -0.2) is 23.9 Å². The Balaban J connectivity index is 1.91. The van der Waals surface area contributed by atoms with Crippen molar-refractivity contribution < 1.29 is 9.26 Å². The summed E-state index contributed by atoms with van der Waals surface area (Å²) < 4.78 is 11.1. The lowest BCUT2D eigenvalue weighted by Gasteiger charge is -2.02. The van der Waals surface area contributed by atoms with Crippen LogP contribution in [-0.2, 0) is 10.5 Å². The molecule has 1 aromatic carbocycles. The number of hydrogen-bond acceptors (Lipinski definition) is 6. The first-order chi connectivity index (χ1) is 9.19. The maximum absolute atomic E-state index is 5.81. The molecule has 1 heterocycles. The molecule has 0 aliphatic rings. The second-order valence-corrected chi connectivity index (χ2v) is 5.82. The summed E-state index contributed by atoms with van der Waals surface area (Å²) >= 11 is 5.04. The van der Waals surface area contributed by atoms with Crippen LogP contribution >= 0.6 is 27.7 Å². The van der Waals surface area contributed by atoms with Gasteiger partial charge in [-0.05, 0) is 24.3 Å². The fourth-order valence-corrected chi connectivity index (χ4v) is 2.41. The Kier molecular flexibility index (Phi) is 5.38. The fourth-order valence-electron chi connectivity index (χ4n) is 1.41. The number of methoxy groups -OCH3 is 1. The summed E-state index contributed by atoms with van der Waals surface area (Å²) in [5.41, 5.74) is 5.81. The maximum atomic E-state index is 5.81. The molecule has 1 aromatic heterocycles. The number of aromatic nitrogens is 2. The minimum absolute atomic E-state index is 0.363. The molecule has 0 amide bonds. The normalized spacial score (nSPS) is 12.6. The first kappa shape index (κ1) is 14.5. The van der Waals surface area contributed by atoms with Crippen LogP contribution in [0.5, 0.6) is 0 Å². The molecule has 5 nitrogen and oxygen atoms in total. The highest BCUT2D eigenvalue weighted by Gasteiger charge is 2.14. The van der Waals surface area contributed by atoms with Gasteiger partial charge in [-0.15, -0.1) is 11.8 Å². The van der Waals surface area contributed by atoms with E-state index in [4.69, 9.17) is 15.0 Å². The number of rotatable bonds is 6. The number of halogens is 1. The van der Waals surface area contributed by atoms with Crippen molar-refractivity contribution in [1.82, 2.24) is 10.1 Å². The largest absolute Gasteiger partial charge is 0.383 e. The molecule has 0 spiro atoms. The Morgan fingerprint density at radius 3 is 2.84 bits per heavy atom. The summed E-state index contributed by atoms with van der Waals surface area (Å²) in [4.78, 5) is 5.40. The molecule has 0 aliphatic carbocycles. The topological polar surface area (TPSA) is 74.2 Å². The third-order valence-electron chi connectivity index (χ3n) is 2.33. The van der Waals surface area contributed by atoms with Crippen molar-refractivity contribution in [1.29, 1.82) is 0 Å². The summed E-state index contributed by atoms with van der Waals surface area (Å²) in [5, 5.41) is 3.90. The summed E-state index contributed by atoms with van der Waals surface area (Å²) in [5.74, 6) is 1.69. The summed E-state index contributed by atoms with van der Waals surface area (Å²) in [6, 6.07) is 7.69. The molecule has 7 heteroatoms. The van der Waals surface area contributed by atoms with Crippen LogP contribution in [0.15, 0.2) is 38.2 Å². The molecule has 0 bridgehead atoms. The van der Waals surface area contributed by atoms with Gasteiger partial charge in [0.15, 0.2) is 5.82 Å². The number of hydrogen-bond donors (Lipinski definition) is 1. The van der Waals surface area contributed by atoms with E-state index >= 15 is 0 Å². The van der Waals surface area contributed by atoms with Crippen molar-refractivity contribution in [3.8, 4) is 0 Å². The summed E-state index contributed by atoms with van der Waals surface area (Å²) in [7, 11) is 1.58. The summed E-state index contributed by atoms with van der Waals surface area (Å²) in [6.07, 6.45) is 0. The SMILES string of the molecule is COCC(N)c1nc(CSc2ccc(Br)cc2)no1. The minimum Gasteiger partial charge on any atom is -0.383 e. The first-order valence-corrected chi connectivity index (χ1v) is 7.42. The van der Waals surface area contributed by atoms with Gasteiger partial charge in [0.05, 0.1) is 12.4 Å². The van der Waals surface area contributed by atoms with Crippen LogP contribution in [0.1, 0.15) is 17.8 Å². The molecule has 102 valence electrons. The molecule has 0 fully saturated rings. The van der Waals surface area contributed by atoms with Crippen molar-refractivity contribution >= 4 is 27.7 Å². The zero-order chi connectivity index (χ0) is 13.7. The number of nitrogens with zero attached hydrogens (tertiary/aromatic N) is 2. The average Bonchev–Trinajstić information content (AvgIpc) is 2.87. The quantitative estimate of drug-likeness (QED) is 0.813. The molecule has 2 N–H and O–H groups in total. The van der Waals surface area contributed by atoms with E-state index in [1.165, 1.54) is 0 Å². The minimum atomic E-state index is -0.371. The Bertz CT molecular complexity index is 518. The standard InChI is InChI=1S/C12H14BrN3O2S/c1-17-6-10(14)12-15-11(16-18-12)7-19-9-4-2-8(13)3-5-9/h2-5,10H,6-7,14H2,1H3. The summed E-state index contributed by atoms with van der Waals surface area (Å²) in [6.45, 7) is 0.363. The van der Waals surface area contributed by atoms with Gasteiger partial charge in [-0.25, -0.2) is 0 Å². The Morgan fingerprint density at radius 1 is 1.42 bits per heavy atom. The van der Waals surface area contributed by atoms with E-state index in [1.807, 2.05) is 24.3 Å². The van der Waals surface area contributed by atoms with E-state index in [0.29, 0.717) is 24.1 Å². The van der Waals surface area contributed by atoms with Crippen molar-refractivity contribution in [2.75, 3.05) is 13.7 Å². The van der Waals surface area contributed by atoms with E-state index in [9.17, 15) is 0 Å². The average molecular weight is 344 g/mol. The van der Waals surface area contributed by atoms with E-state index < -0.39 is 0 Å². The van der Waals surface area contributed by atoms with Crippen molar-refractivity contribution in [3.63, 3.8) is 0 Å². The third-order valence-corrected chi connectivity index (χ3v) is 3.87. The van der Waals surface area contributed by atoms with Gasteiger partial charge in [0.2, 0.25) is 5.89 Å². The molecule has 0 saturated carbocycles. The molecular weight excluding hydrogens is 330 g/mol. The van der Waals surface area contributed by atoms with Gasteiger partial charge in [-0.1, -0.05) is 21.1 Å². The van der Waals surface area contributed by atoms with Crippen molar-refractivity contribution in [2.45, 2.75) is 16.7 Å². The Morgan fingerprint density at radius 2 is 2.16 bits per heavy atom. The molecule has 2 rings (SSSR count). The zero-order valence-electron chi connectivity index (χ0n) is 10.4. The Labute approximate surface area is 124 Å². The molecule has 2 aromatic rings. The lowest BCUT2D eigenvalue weighted by atomic mass is 10.3. The fraction of sp³-hybridized carbons (Fsp3) is 0.333. The molecule has 1 unspecified atom stereocenters. The first-order valence-electron chi connectivity index (χ1n) is 5.64. The Hall–Kier alpha value is -0.890. The second kappa shape index (κ2) is 7.04. The van der Waals surface area contributed by atoms with Crippen molar-refractivity contribution in [2.24, 2.45) is 5.73 Å². The second-order valence-electron chi connectivity index (χ2n) is 3.85. The van der Waals surface area contributed by atoms with Gasteiger partial charge in [0, 0.05) is 16.5 Å². The van der Waals surface area contributed by atoms with Gasteiger partial charge in [0.25, 0.3) is 0 Å². The van der Waals surface area contributed by atoms with Gasteiger partial charge in [-0.3, -0.25) is 0 Å².